The summed E-state index contributed by atoms with van der Waals surface area (Å²) in [7, 11) is 0. The average molecular weight is 375 g/mol. The van der Waals surface area contributed by atoms with Crippen LogP contribution in [0.5, 0.6) is 0 Å². The molecule has 3 fully saturated rings. The summed E-state index contributed by atoms with van der Waals surface area (Å²) in [5.74, 6) is -0.989. The van der Waals surface area contributed by atoms with Crippen LogP contribution in [0.15, 0.2) is 0 Å². The van der Waals surface area contributed by atoms with Crippen molar-refractivity contribution in [2.45, 2.75) is 81.0 Å². The van der Waals surface area contributed by atoms with Gasteiger partial charge in [0.05, 0.1) is 5.38 Å². The fourth-order valence-corrected chi connectivity index (χ4v) is 4.79. The molecule has 1 aliphatic heterocycles. The van der Waals surface area contributed by atoms with Gasteiger partial charge in [-0.1, -0.05) is 19.3 Å². The minimum Gasteiger partial charge on any atom is -0.372 e. The van der Waals surface area contributed by atoms with Crippen LogP contribution in [0.2, 0.25) is 0 Å². The number of alkyl halides is 2. The van der Waals surface area contributed by atoms with E-state index in [4.69, 9.17) is 11.6 Å². The van der Waals surface area contributed by atoms with E-state index >= 15 is 0 Å². The van der Waals surface area contributed by atoms with Gasteiger partial charge in [-0.15, -0.1) is 11.6 Å². The van der Waals surface area contributed by atoms with E-state index in [-0.39, 0.29) is 18.4 Å². The Balaban J connectivity index is 1.53. The summed E-state index contributed by atoms with van der Waals surface area (Å²) in [6, 6.07) is 0.153. The van der Waals surface area contributed by atoms with Gasteiger partial charge in [0.15, 0.2) is 0 Å². The van der Waals surface area contributed by atoms with Crippen LogP contribution in [-0.2, 0) is 9.59 Å². The Morgan fingerprint density at radius 3 is 2.68 bits per heavy atom. The SMILES string of the molecule is O=C(NCC1CCC(F)C(Cl)C1)C1(O)CCN(C2CCCCC2)C1=O. The van der Waals surface area contributed by atoms with Crippen LogP contribution < -0.4 is 5.32 Å². The van der Waals surface area contributed by atoms with Gasteiger partial charge in [0.25, 0.3) is 11.8 Å². The van der Waals surface area contributed by atoms with Crippen molar-refractivity contribution < 1.29 is 19.1 Å². The first-order valence-corrected chi connectivity index (χ1v) is 9.95. The van der Waals surface area contributed by atoms with E-state index in [0.29, 0.717) is 32.4 Å². The highest BCUT2D eigenvalue weighted by molar-refractivity contribution is 6.21. The molecule has 0 aromatic rings. The van der Waals surface area contributed by atoms with Gasteiger partial charge < -0.3 is 15.3 Å². The summed E-state index contributed by atoms with van der Waals surface area (Å²) < 4.78 is 13.4. The lowest BCUT2D eigenvalue weighted by Gasteiger charge is -2.32. The number of nitrogens with one attached hydrogen (secondary N) is 1. The molecule has 1 heterocycles. The van der Waals surface area contributed by atoms with Crippen molar-refractivity contribution in [2.24, 2.45) is 5.92 Å². The summed E-state index contributed by atoms with van der Waals surface area (Å²) >= 11 is 5.96. The monoisotopic (exact) mass is 374 g/mol. The summed E-state index contributed by atoms with van der Waals surface area (Å²) in [5, 5.41) is 12.9. The third kappa shape index (κ3) is 3.95. The molecule has 25 heavy (non-hydrogen) atoms. The van der Waals surface area contributed by atoms with E-state index in [9.17, 15) is 19.1 Å². The molecule has 0 spiro atoms. The molecular formula is C18H28ClFN2O3. The number of carbonyl (C=O) groups is 2. The van der Waals surface area contributed by atoms with E-state index in [2.05, 4.69) is 5.32 Å². The van der Waals surface area contributed by atoms with Crippen LogP contribution in [0.4, 0.5) is 4.39 Å². The predicted molar refractivity (Wildman–Crippen MR) is 93.0 cm³/mol. The second-order valence-electron chi connectivity index (χ2n) is 7.82. The predicted octanol–water partition coefficient (Wildman–Crippen LogP) is 2.14. The van der Waals surface area contributed by atoms with Gasteiger partial charge in [-0.2, -0.15) is 0 Å². The first-order chi connectivity index (χ1) is 11.9. The maximum absolute atomic E-state index is 13.4. The highest BCUT2D eigenvalue weighted by Crippen LogP contribution is 2.32. The largest absolute Gasteiger partial charge is 0.372 e. The number of aliphatic hydroxyl groups is 1. The molecule has 0 radical (unpaired) electrons. The molecule has 2 saturated carbocycles. The number of likely N-dealkylation sites (tertiary alicyclic amines) is 1. The molecule has 2 aliphatic carbocycles. The summed E-state index contributed by atoms with van der Waals surface area (Å²) in [6.07, 6.45) is 5.99. The van der Waals surface area contributed by atoms with Gasteiger partial charge in [0, 0.05) is 25.6 Å². The summed E-state index contributed by atoms with van der Waals surface area (Å²) in [4.78, 5) is 26.8. The van der Waals surface area contributed by atoms with Crippen LogP contribution >= 0.6 is 11.6 Å². The minimum absolute atomic E-state index is 0.0907. The second-order valence-corrected chi connectivity index (χ2v) is 8.38. The zero-order valence-electron chi connectivity index (χ0n) is 14.6. The van der Waals surface area contributed by atoms with Gasteiger partial charge in [0.1, 0.15) is 6.17 Å². The van der Waals surface area contributed by atoms with Crippen LogP contribution in [0.25, 0.3) is 0 Å². The molecule has 0 bridgehead atoms. The molecule has 0 aromatic heterocycles. The van der Waals surface area contributed by atoms with Gasteiger partial charge in [0.2, 0.25) is 5.60 Å². The van der Waals surface area contributed by atoms with Crippen molar-refractivity contribution in [3.05, 3.63) is 0 Å². The Bertz CT molecular complexity index is 515. The van der Waals surface area contributed by atoms with Gasteiger partial charge in [-0.3, -0.25) is 9.59 Å². The fourth-order valence-electron chi connectivity index (χ4n) is 4.41. The van der Waals surface area contributed by atoms with Crippen molar-refractivity contribution in [3.63, 3.8) is 0 Å². The Kier molecular flexibility index (Phi) is 5.88. The Hall–Kier alpha value is -0.880. The van der Waals surface area contributed by atoms with E-state index in [1.165, 1.54) is 6.42 Å². The number of carbonyl (C=O) groups excluding carboxylic acids is 2. The molecule has 0 aromatic carbocycles. The van der Waals surface area contributed by atoms with E-state index in [0.717, 1.165) is 25.7 Å². The standard InChI is InChI=1S/C18H28ClFN2O3/c19-14-10-12(6-7-15(14)20)11-21-16(23)18(25)8-9-22(17(18)24)13-4-2-1-3-5-13/h12-15,25H,1-11H2,(H,21,23). The number of halogens is 2. The molecule has 4 atom stereocenters. The number of amides is 2. The van der Waals surface area contributed by atoms with Gasteiger partial charge in [-0.25, -0.2) is 4.39 Å². The average Bonchev–Trinajstić information content (AvgIpc) is 2.93. The smallest absolute Gasteiger partial charge is 0.264 e. The zero-order valence-corrected chi connectivity index (χ0v) is 15.3. The van der Waals surface area contributed by atoms with E-state index in [1.54, 1.807) is 4.90 Å². The first kappa shape index (κ1) is 18.9. The van der Waals surface area contributed by atoms with Crippen molar-refractivity contribution >= 4 is 23.4 Å². The number of rotatable bonds is 4. The highest BCUT2D eigenvalue weighted by Gasteiger charge is 2.52. The van der Waals surface area contributed by atoms with Gasteiger partial charge >= 0.3 is 0 Å². The molecular weight excluding hydrogens is 347 g/mol. The third-order valence-electron chi connectivity index (χ3n) is 6.07. The summed E-state index contributed by atoms with van der Waals surface area (Å²) in [5.41, 5.74) is -1.95. The molecule has 5 nitrogen and oxygen atoms in total. The molecule has 2 amide bonds. The molecule has 3 rings (SSSR count). The second kappa shape index (κ2) is 7.78. The molecule has 4 unspecified atom stereocenters. The topological polar surface area (TPSA) is 69.6 Å². The first-order valence-electron chi connectivity index (χ1n) is 9.51. The molecule has 142 valence electrons. The van der Waals surface area contributed by atoms with Gasteiger partial charge in [-0.05, 0) is 38.0 Å². The number of nitrogens with zero attached hydrogens (tertiary/aromatic N) is 1. The Morgan fingerprint density at radius 1 is 1.28 bits per heavy atom. The normalized spacial score (nSPS) is 37.3. The Labute approximate surface area is 153 Å². The van der Waals surface area contributed by atoms with Crippen LogP contribution in [0.3, 0.4) is 0 Å². The molecule has 1 saturated heterocycles. The van der Waals surface area contributed by atoms with E-state index in [1.807, 2.05) is 0 Å². The summed E-state index contributed by atoms with van der Waals surface area (Å²) in [6.45, 7) is 0.762. The van der Waals surface area contributed by atoms with Crippen molar-refractivity contribution in [3.8, 4) is 0 Å². The lowest BCUT2D eigenvalue weighted by molar-refractivity contribution is -0.155. The zero-order chi connectivity index (χ0) is 18.0. The van der Waals surface area contributed by atoms with Crippen LogP contribution in [0.1, 0.15) is 57.8 Å². The lowest BCUT2D eigenvalue weighted by atomic mass is 9.87. The minimum atomic E-state index is -1.95. The van der Waals surface area contributed by atoms with Crippen molar-refractivity contribution in [1.29, 1.82) is 0 Å². The maximum atomic E-state index is 13.4. The van der Waals surface area contributed by atoms with E-state index < -0.39 is 29.0 Å². The number of hydrogen-bond acceptors (Lipinski definition) is 3. The van der Waals surface area contributed by atoms with Crippen LogP contribution in [-0.4, -0.2) is 58.1 Å². The third-order valence-corrected chi connectivity index (χ3v) is 6.52. The molecule has 2 N–H and O–H groups in total. The van der Waals surface area contributed by atoms with Crippen molar-refractivity contribution in [2.75, 3.05) is 13.1 Å². The Morgan fingerprint density at radius 2 is 2.00 bits per heavy atom. The molecule has 7 heteroatoms. The lowest BCUT2D eigenvalue weighted by Crippen LogP contribution is -2.54. The number of hydrogen-bond donors (Lipinski definition) is 2. The molecule has 3 aliphatic rings. The van der Waals surface area contributed by atoms with Crippen LogP contribution in [0, 0.1) is 5.92 Å². The van der Waals surface area contributed by atoms with Crippen molar-refractivity contribution in [1.82, 2.24) is 10.2 Å². The quantitative estimate of drug-likeness (QED) is 0.585. The maximum Gasteiger partial charge on any atom is 0.264 e. The highest BCUT2D eigenvalue weighted by atomic mass is 35.5. The fraction of sp³-hybridized carbons (Fsp3) is 0.889.